The molecule has 3 aromatic heterocycles. The number of aromatic nitrogens is 8. The molecule has 0 amide bonds. The number of rotatable bonds is 0. The van der Waals surface area contributed by atoms with Crippen molar-refractivity contribution in [2.24, 2.45) is 43.3 Å². The third-order valence-electron chi connectivity index (χ3n) is 12.8. The molecule has 8 bridgehead atoms. The normalized spacial score (nSPS) is 12.1. The van der Waals surface area contributed by atoms with Crippen LogP contribution in [0.4, 0.5) is 0 Å². The summed E-state index contributed by atoms with van der Waals surface area (Å²) >= 11 is 0. The maximum absolute atomic E-state index is 5.47. The fourth-order valence-electron chi connectivity index (χ4n) is 8.71. The topological polar surface area (TPSA) is 106 Å². The number of nitrogens with zero attached hydrogens (tertiary/aromatic N) is 8. The second kappa shape index (κ2) is 23.7. The predicted octanol–water partition coefficient (Wildman–Crippen LogP) is 17.3. The summed E-state index contributed by atoms with van der Waals surface area (Å²) in [4.78, 5) is 43.3. The van der Waals surface area contributed by atoms with Crippen LogP contribution < -0.4 is 9.97 Å². The quantitative estimate of drug-likeness (QED) is 0.109. The third kappa shape index (κ3) is 16.9. The van der Waals surface area contributed by atoms with Gasteiger partial charge in [0.1, 0.15) is 0 Å². The van der Waals surface area contributed by atoms with Crippen LogP contribution in [0.15, 0.2) is 48.5 Å². The summed E-state index contributed by atoms with van der Waals surface area (Å²) in [7, 11) is 0. The molecule has 2 aliphatic rings. The Morgan fingerprint density at radius 1 is 0.225 bits per heavy atom. The fourth-order valence-corrected chi connectivity index (χ4v) is 8.71. The van der Waals surface area contributed by atoms with Crippen molar-refractivity contribution in [2.45, 2.75) is 166 Å². The Hall–Kier alpha value is -8.66. The molecule has 8 nitrogen and oxygen atoms in total. The number of hydrogen-bond donors (Lipinski definition) is 0. The van der Waals surface area contributed by atoms with Gasteiger partial charge in [0.25, 0.3) is 0 Å². The number of benzene rings is 4. The molecule has 0 aliphatic carbocycles. The molecule has 5 heterocycles. The molecule has 0 saturated carbocycles. The van der Waals surface area contributed by atoms with E-state index in [9.17, 15) is 0 Å². The van der Waals surface area contributed by atoms with E-state index in [2.05, 4.69) is 261 Å². The Morgan fingerprint density at radius 3 is 0.517 bits per heavy atom. The monoisotopic (exact) mass is 1220 g/mol. The summed E-state index contributed by atoms with van der Waals surface area (Å²) in [5.41, 5.74) is 7.83. The smallest absolute Gasteiger partial charge is 0.357 e. The van der Waals surface area contributed by atoms with Gasteiger partial charge >= 0.3 is 19.5 Å². The minimum Gasteiger partial charge on any atom is -0.357 e. The van der Waals surface area contributed by atoms with E-state index in [1.807, 2.05) is 48.5 Å². The van der Waals surface area contributed by atoms with E-state index in [1.54, 1.807) is 0 Å². The van der Waals surface area contributed by atoms with Gasteiger partial charge in [0.15, 0.2) is 0 Å². The largest absolute Gasteiger partial charge is 2.00 e. The van der Waals surface area contributed by atoms with E-state index in [1.165, 1.54) is 0 Å². The van der Waals surface area contributed by atoms with Crippen LogP contribution in [0.3, 0.4) is 0 Å². The molecule has 89 heavy (non-hydrogen) atoms. The Labute approximate surface area is 542 Å². The number of hydrogen-bond acceptors (Lipinski definition) is 6. The van der Waals surface area contributed by atoms with Crippen molar-refractivity contribution < 1.29 is 19.5 Å². The van der Waals surface area contributed by atoms with Crippen molar-refractivity contribution in [1.82, 2.24) is 39.9 Å². The van der Waals surface area contributed by atoms with Crippen molar-refractivity contribution in [3.8, 4) is 140 Å². The van der Waals surface area contributed by atoms with Crippen LogP contribution in [0.1, 0.15) is 211 Å². The van der Waals surface area contributed by atoms with Gasteiger partial charge < -0.3 is 29.9 Å². The maximum atomic E-state index is 5.47. The zero-order valence-electron chi connectivity index (χ0n) is 56.9. The zero-order valence-corrected chi connectivity index (χ0v) is 59.9. The van der Waals surface area contributed by atoms with Gasteiger partial charge in [-0.05, 0) is 236 Å². The van der Waals surface area contributed by atoms with Crippen molar-refractivity contribution in [3.63, 3.8) is 0 Å². The van der Waals surface area contributed by atoms with Gasteiger partial charge in [0.05, 0.1) is 23.3 Å². The molecule has 7 aromatic rings. The van der Waals surface area contributed by atoms with E-state index in [4.69, 9.17) is 39.9 Å². The van der Waals surface area contributed by atoms with Crippen molar-refractivity contribution in [3.05, 3.63) is 93.0 Å². The van der Waals surface area contributed by atoms with Gasteiger partial charge in [-0.1, -0.05) is 94.7 Å². The molecule has 0 N–H and O–H groups in total. The maximum Gasteiger partial charge on any atom is 2.00 e. The molecular formula is C80H80N8Zn. The molecule has 9 heteroatoms. The molecule has 0 radical (unpaired) electrons. The van der Waals surface area contributed by atoms with Crippen molar-refractivity contribution in [1.29, 1.82) is 0 Å². The van der Waals surface area contributed by atoms with Crippen LogP contribution in [-0.4, -0.2) is 29.9 Å². The molecule has 0 saturated heterocycles. The van der Waals surface area contributed by atoms with Gasteiger partial charge in [0, 0.05) is 133 Å². The summed E-state index contributed by atoms with van der Waals surface area (Å²) in [6.45, 7) is 50.3. The Morgan fingerprint density at radius 2 is 0.371 bits per heavy atom. The average Bonchev–Trinajstić information content (AvgIpc) is 1.82. The Bertz CT molecular complexity index is 4240. The van der Waals surface area contributed by atoms with Crippen LogP contribution in [0.5, 0.6) is 0 Å². The first-order valence-corrected chi connectivity index (χ1v) is 30.2. The Kier molecular flexibility index (Phi) is 17.7. The van der Waals surface area contributed by atoms with Crippen molar-refractivity contribution >= 4 is 44.1 Å². The molecule has 442 valence electrons. The van der Waals surface area contributed by atoms with Gasteiger partial charge in [-0.25, -0.2) is 9.97 Å². The van der Waals surface area contributed by atoms with E-state index in [0.29, 0.717) is 89.7 Å². The second-order valence-electron chi connectivity index (χ2n) is 31.3. The third-order valence-corrected chi connectivity index (χ3v) is 12.8. The first kappa shape index (κ1) is 66.3. The molecule has 0 fully saturated rings. The predicted molar refractivity (Wildman–Crippen MR) is 365 cm³/mol. The second-order valence-corrected chi connectivity index (χ2v) is 31.3. The first-order valence-electron chi connectivity index (χ1n) is 30.2. The summed E-state index contributed by atoms with van der Waals surface area (Å²) < 4.78 is 0. The average molecular weight is 1220 g/mol. The molecule has 0 spiro atoms. The first-order chi connectivity index (χ1) is 40.5. The van der Waals surface area contributed by atoms with Crippen molar-refractivity contribution in [2.75, 3.05) is 0 Å². The molecule has 0 unspecified atom stereocenters. The summed E-state index contributed by atoms with van der Waals surface area (Å²) in [5, 5.41) is 2.82. The number of fused-ring (bicyclic) bond motifs is 20. The summed E-state index contributed by atoms with van der Waals surface area (Å²) in [6.07, 6.45) is 0. The van der Waals surface area contributed by atoms with E-state index >= 15 is 0 Å². The van der Waals surface area contributed by atoms with E-state index < -0.39 is 0 Å². The molecular weight excluding hydrogens is 1140 g/mol. The van der Waals surface area contributed by atoms with Gasteiger partial charge in [-0.3, -0.25) is 0 Å². The molecule has 0 atom stereocenters. The molecule has 4 aromatic carbocycles. The van der Waals surface area contributed by atoms with Gasteiger partial charge in [-0.15, -0.1) is 0 Å². The molecule has 9 rings (SSSR count). The Balaban J connectivity index is 0.0000102. The van der Waals surface area contributed by atoms with Crippen LogP contribution in [0.25, 0.3) is 89.7 Å². The van der Waals surface area contributed by atoms with Crippen LogP contribution in [-0.2, 0) is 19.5 Å². The SMILES string of the molecule is CC(C)(C)C#Cc1cc2c(cc1C#CC(C)(C)C)-c1nc-2nc2[n-]c(nc3nc(nc4[n-]c(n1)c1cc(C#CC(C)(C)C)c(C#CC(C)(C)C)cc41)-c1cc(C#CC(C)(C)C)c(C#CC(C)(C)C)cc1-3)c1cc(C#CC(C)(C)C)c(C#CC(C)(C)C)cc21.[Zn+2]. The minimum absolute atomic E-state index is 0. The van der Waals surface area contributed by atoms with E-state index in [0.717, 1.165) is 44.5 Å². The minimum atomic E-state index is -0.304. The van der Waals surface area contributed by atoms with Crippen LogP contribution in [0, 0.1) is 138 Å². The summed E-state index contributed by atoms with van der Waals surface area (Å²) in [5.74, 6) is 57.4. The zero-order chi connectivity index (χ0) is 64.5. The van der Waals surface area contributed by atoms with Crippen LogP contribution >= 0.6 is 0 Å². The summed E-state index contributed by atoms with van der Waals surface area (Å²) in [6, 6.07) is 16.3. The van der Waals surface area contributed by atoms with Gasteiger partial charge in [0.2, 0.25) is 0 Å². The fraction of sp³-hybridized carbons (Fsp3) is 0.400. The van der Waals surface area contributed by atoms with Gasteiger partial charge in [-0.2, -0.15) is 0 Å². The standard InChI is InChI=1S/C80H80N8.Zn/c1-73(2,3)33-25-49-41-57-58(42-50(49)26-34-74(4,5)6)66-81-65(57)85-67-59-43-51(27-35-75(7,8)9)52(28-36-76(10,11)12)44-60(59)69(82-67)87-71-63-47-55(31-39-79(19,20)21)56(32-40-80(22,23)24)48-64(63)72(84-71)88-70-62-46-54(30-38-78(16,17)18)53(29-37-77(13,14)15)45-61(62)68(83-70)86-66;/h41-48H,1-24H3;/q-2;+2. The van der Waals surface area contributed by atoms with E-state index in [-0.39, 0.29) is 62.8 Å². The van der Waals surface area contributed by atoms with Crippen LogP contribution in [0.2, 0.25) is 0 Å². The molecule has 2 aliphatic heterocycles.